The van der Waals surface area contributed by atoms with Gasteiger partial charge in [-0.1, -0.05) is 30.4 Å². The van der Waals surface area contributed by atoms with E-state index in [2.05, 4.69) is 34.6 Å². The minimum absolute atomic E-state index is 0.0118. The summed E-state index contributed by atoms with van der Waals surface area (Å²) in [5.74, 6) is 0.0118. The highest BCUT2D eigenvalue weighted by Gasteiger charge is 1.96. The van der Waals surface area contributed by atoms with Crippen molar-refractivity contribution in [1.82, 2.24) is 10.3 Å². The third kappa shape index (κ3) is 3.17. The number of carbonyl (C=O) groups is 1. The van der Waals surface area contributed by atoms with E-state index < -0.39 is 0 Å². The summed E-state index contributed by atoms with van der Waals surface area (Å²) >= 11 is 0. The van der Waals surface area contributed by atoms with Crippen molar-refractivity contribution in [2.75, 3.05) is 6.54 Å². The minimum atomic E-state index is 0.0118. The number of nitrogens with zero attached hydrogens (tertiary/aromatic N) is 1. The van der Waals surface area contributed by atoms with Crippen LogP contribution in [0.5, 0.6) is 0 Å². The highest BCUT2D eigenvalue weighted by molar-refractivity contribution is 5.87. The van der Waals surface area contributed by atoms with E-state index in [0.29, 0.717) is 6.54 Å². The second-order valence-corrected chi connectivity index (χ2v) is 4.09. The highest BCUT2D eigenvalue weighted by Crippen LogP contribution is 2.17. The molecule has 1 aromatic heterocycles. The Balaban J connectivity index is 2.07. The molecule has 0 atom stereocenters. The second kappa shape index (κ2) is 5.96. The maximum atomic E-state index is 10.7. The van der Waals surface area contributed by atoms with Crippen molar-refractivity contribution in [2.24, 2.45) is 0 Å². The van der Waals surface area contributed by atoms with E-state index in [1.54, 1.807) is 6.20 Å². The van der Waals surface area contributed by atoms with E-state index >= 15 is 0 Å². The largest absolute Gasteiger partial charge is 0.356 e. The van der Waals surface area contributed by atoms with Gasteiger partial charge in [-0.25, -0.2) is 0 Å². The van der Waals surface area contributed by atoms with Gasteiger partial charge in [0.05, 0.1) is 5.52 Å². The number of rotatable bonds is 4. The van der Waals surface area contributed by atoms with Crippen LogP contribution in [-0.4, -0.2) is 17.4 Å². The van der Waals surface area contributed by atoms with Gasteiger partial charge < -0.3 is 5.32 Å². The fourth-order valence-corrected chi connectivity index (χ4v) is 1.81. The van der Waals surface area contributed by atoms with Gasteiger partial charge in [-0.15, -0.1) is 0 Å². The first-order valence-electron chi connectivity index (χ1n) is 6.02. The first-order chi connectivity index (χ1) is 8.77. The monoisotopic (exact) mass is 240 g/mol. The van der Waals surface area contributed by atoms with Crippen LogP contribution < -0.4 is 5.32 Å². The van der Waals surface area contributed by atoms with Crippen LogP contribution in [0.1, 0.15) is 18.9 Å². The Bertz CT molecular complexity index is 570. The molecule has 0 saturated carbocycles. The molecular weight excluding hydrogens is 224 g/mol. The molecule has 1 amide bonds. The van der Waals surface area contributed by atoms with Crippen molar-refractivity contribution in [1.29, 1.82) is 0 Å². The van der Waals surface area contributed by atoms with Gasteiger partial charge >= 0.3 is 0 Å². The van der Waals surface area contributed by atoms with Gasteiger partial charge in [0.25, 0.3) is 0 Å². The van der Waals surface area contributed by atoms with E-state index in [1.807, 2.05) is 18.2 Å². The lowest BCUT2D eigenvalue weighted by Crippen LogP contribution is -2.20. The fourth-order valence-electron chi connectivity index (χ4n) is 1.81. The zero-order valence-electron chi connectivity index (χ0n) is 10.4. The minimum Gasteiger partial charge on any atom is -0.356 e. The fraction of sp³-hybridized carbons (Fsp3) is 0.200. The van der Waals surface area contributed by atoms with Crippen LogP contribution >= 0.6 is 0 Å². The van der Waals surface area contributed by atoms with Crippen LogP contribution in [0.15, 0.2) is 42.6 Å². The molecule has 2 aromatic rings. The standard InChI is InChI=1S/C15H16N2O/c1-12(18)16-10-3-2-6-13-7-4-9-15-14(13)8-5-11-17-15/h2,4-9,11H,3,10H2,1H3,(H,16,18). The van der Waals surface area contributed by atoms with Gasteiger partial charge in [-0.05, 0) is 24.1 Å². The lowest BCUT2D eigenvalue weighted by Gasteiger charge is -2.01. The predicted octanol–water partition coefficient (Wildman–Crippen LogP) is 2.77. The molecular formula is C15H16N2O. The number of pyridine rings is 1. The van der Waals surface area contributed by atoms with Gasteiger partial charge in [0.15, 0.2) is 0 Å². The lowest BCUT2D eigenvalue weighted by atomic mass is 10.1. The lowest BCUT2D eigenvalue weighted by molar-refractivity contribution is -0.118. The number of amides is 1. The zero-order chi connectivity index (χ0) is 12.8. The van der Waals surface area contributed by atoms with Gasteiger partial charge in [-0.2, -0.15) is 0 Å². The highest BCUT2D eigenvalue weighted by atomic mass is 16.1. The zero-order valence-corrected chi connectivity index (χ0v) is 10.4. The Labute approximate surface area is 107 Å². The number of hydrogen-bond donors (Lipinski definition) is 1. The number of carbonyl (C=O) groups excluding carboxylic acids is 1. The summed E-state index contributed by atoms with van der Waals surface area (Å²) in [4.78, 5) is 15.0. The van der Waals surface area contributed by atoms with Crippen molar-refractivity contribution < 1.29 is 4.79 Å². The summed E-state index contributed by atoms with van der Waals surface area (Å²) in [5.41, 5.74) is 2.16. The molecule has 0 bridgehead atoms. The Morgan fingerprint density at radius 2 is 2.22 bits per heavy atom. The van der Waals surface area contributed by atoms with Gasteiger partial charge in [0, 0.05) is 25.1 Å². The van der Waals surface area contributed by atoms with E-state index in [9.17, 15) is 4.79 Å². The average Bonchev–Trinajstić information content (AvgIpc) is 2.38. The molecule has 1 aromatic carbocycles. The molecule has 18 heavy (non-hydrogen) atoms. The summed E-state index contributed by atoms with van der Waals surface area (Å²) in [5, 5.41) is 3.92. The van der Waals surface area contributed by atoms with Gasteiger partial charge in [0.2, 0.25) is 5.91 Å². The molecule has 0 aliphatic heterocycles. The van der Waals surface area contributed by atoms with Gasteiger partial charge in [-0.3, -0.25) is 9.78 Å². The quantitative estimate of drug-likeness (QED) is 0.835. The number of hydrogen-bond acceptors (Lipinski definition) is 2. The van der Waals surface area contributed by atoms with Crippen LogP contribution in [0, 0.1) is 0 Å². The molecule has 92 valence electrons. The topological polar surface area (TPSA) is 42.0 Å². The summed E-state index contributed by atoms with van der Waals surface area (Å²) in [7, 11) is 0. The van der Waals surface area contributed by atoms with Crippen molar-refractivity contribution in [3.63, 3.8) is 0 Å². The summed E-state index contributed by atoms with van der Waals surface area (Å²) in [6.45, 7) is 2.20. The van der Waals surface area contributed by atoms with Crippen LogP contribution in [0.4, 0.5) is 0 Å². The summed E-state index contributed by atoms with van der Waals surface area (Å²) < 4.78 is 0. The smallest absolute Gasteiger partial charge is 0.216 e. The molecule has 1 heterocycles. The van der Waals surface area contributed by atoms with Crippen LogP contribution in [-0.2, 0) is 4.79 Å². The van der Waals surface area contributed by atoms with Crippen LogP contribution in [0.25, 0.3) is 17.0 Å². The van der Waals surface area contributed by atoms with Crippen molar-refractivity contribution >= 4 is 22.9 Å². The third-order valence-electron chi connectivity index (χ3n) is 2.66. The Hall–Kier alpha value is -2.16. The Kier molecular flexibility index (Phi) is 4.07. The molecule has 1 N–H and O–H groups in total. The Morgan fingerprint density at radius 3 is 3.06 bits per heavy atom. The molecule has 0 aliphatic carbocycles. The maximum Gasteiger partial charge on any atom is 0.216 e. The number of aromatic nitrogens is 1. The molecule has 3 nitrogen and oxygen atoms in total. The first-order valence-corrected chi connectivity index (χ1v) is 6.02. The van der Waals surface area contributed by atoms with E-state index in [4.69, 9.17) is 0 Å². The first kappa shape index (κ1) is 12.3. The molecule has 2 rings (SSSR count). The number of benzene rings is 1. The normalized spacial score (nSPS) is 10.9. The molecule has 0 fully saturated rings. The SMILES string of the molecule is CC(=O)NCCC=Cc1cccc2ncccc12. The predicted molar refractivity (Wildman–Crippen MR) is 74.1 cm³/mol. The number of nitrogens with one attached hydrogen (secondary N) is 1. The summed E-state index contributed by atoms with van der Waals surface area (Å²) in [6.07, 6.45) is 6.77. The molecule has 0 radical (unpaired) electrons. The van der Waals surface area contributed by atoms with Crippen molar-refractivity contribution in [2.45, 2.75) is 13.3 Å². The Morgan fingerprint density at radius 1 is 1.33 bits per heavy atom. The maximum absolute atomic E-state index is 10.7. The third-order valence-corrected chi connectivity index (χ3v) is 2.66. The average molecular weight is 240 g/mol. The van der Waals surface area contributed by atoms with Crippen molar-refractivity contribution in [3.8, 4) is 0 Å². The molecule has 0 unspecified atom stereocenters. The van der Waals surface area contributed by atoms with Crippen LogP contribution in [0.2, 0.25) is 0 Å². The second-order valence-electron chi connectivity index (χ2n) is 4.09. The number of fused-ring (bicyclic) bond motifs is 1. The molecule has 3 heteroatoms. The molecule has 0 spiro atoms. The van der Waals surface area contributed by atoms with Crippen molar-refractivity contribution in [3.05, 3.63) is 48.2 Å². The molecule has 0 aliphatic rings. The molecule has 0 saturated heterocycles. The van der Waals surface area contributed by atoms with Gasteiger partial charge in [0.1, 0.15) is 0 Å². The summed E-state index contributed by atoms with van der Waals surface area (Å²) in [6, 6.07) is 10.1. The van der Waals surface area contributed by atoms with E-state index in [0.717, 1.165) is 22.9 Å². The van der Waals surface area contributed by atoms with Crippen LogP contribution in [0.3, 0.4) is 0 Å². The van der Waals surface area contributed by atoms with E-state index in [-0.39, 0.29) is 5.91 Å². The van der Waals surface area contributed by atoms with E-state index in [1.165, 1.54) is 6.92 Å².